The molecule has 0 spiro atoms. The van der Waals surface area contributed by atoms with Gasteiger partial charge in [-0.15, -0.1) is 0 Å². The molecule has 3 N–H and O–H groups in total. The molecule has 1 aromatic rings. The first-order chi connectivity index (χ1) is 9.57. The number of nitrogens with zero attached hydrogens (tertiary/aromatic N) is 1. The first kappa shape index (κ1) is 13.8. The summed E-state index contributed by atoms with van der Waals surface area (Å²) in [5, 5.41) is 10.7. The van der Waals surface area contributed by atoms with Crippen LogP contribution in [0.25, 0.3) is 0 Å². The molecule has 1 aliphatic carbocycles. The third kappa shape index (κ3) is 2.67. The highest BCUT2D eigenvalue weighted by Gasteiger charge is 2.42. The molecule has 1 heterocycles. The number of likely N-dealkylation sites (tertiary alicyclic amines) is 1. The zero-order chi connectivity index (χ0) is 14.2. The highest BCUT2D eigenvalue weighted by Crippen LogP contribution is 2.40. The van der Waals surface area contributed by atoms with Crippen molar-refractivity contribution in [3.63, 3.8) is 0 Å². The van der Waals surface area contributed by atoms with Crippen molar-refractivity contribution in [2.75, 3.05) is 18.8 Å². The van der Waals surface area contributed by atoms with Gasteiger partial charge in [-0.05, 0) is 37.0 Å². The van der Waals surface area contributed by atoms with Gasteiger partial charge in [0.1, 0.15) is 5.82 Å². The van der Waals surface area contributed by atoms with Gasteiger partial charge in [-0.25, -0.2) is 4.39 Å². The first-order valence-electron chi connectivity index (χ1n) is 7.55. The third-order valence-corrected chi connectivity index (χ3v) is 4.98. The molecule has 0 radical (unpaired) electrons. The highest BCUT2D eigenvalue weighted by molar-refractivity contribution is 5.41. The Balaban J connectivity index is 1.66. The van der Waals surface area contributed by atoms with Gasteiger partial charge in [-0.2, -0.15) is 0 Å². The number of nitrogen functional groups attached to an aromatic ring is 1. The lowest BCUT2D eigenvalue weighted by molar-refractivity contribution is -0.0968. The van der Waals surface area contributed by atoms with Gasteiger partial charge in [-0.1, -0.05) is 18.9 Å². The Morgan fingerprint density at radius 1 is 1.35 bits per heavy atom. The molecule has 0 amide bonds. The van der Waals surface area contributed by atoms with Crippen LogP contribution in [0.3, 0.4) is 0 Å². The van der Waals surface area contributed by atoms with Gasteiger partial charge in [0.15, 0.2) is 0 Å². The average Bonchev–Trinajstić information content (AvgIpc) is 2.43. The second-order valence-electron chi connectivity index (χ2n) is 6.39. The maximum absolute atomic E-state index is 13.5. The highest BCUT2D eigenvalue weighted by atomic mass is 19.1. The SMILES string of the molecule is Nc1ccc(CN2CCC3(O)CCCCC3C2)cc1F. The molecule has 1 aromatic carbocycles. The van der Waals surface area contributed by atoms with Gasteiger partial charge in [0.25, 0.3) is 0 Å². The normalized spacial score (nSPS) is 31.0. The van der Waals surface area contributed by atoms with Crippen molar-refractivity contribution in [2.24, 2.45) is 5.92 Å². The minimum Gasteiger partial charge on any atom is -0.396 e. The summed E-state index contributed by atoms with van der Waals surface area (Å²) in [6.07, 6.45) is 5.27. The number of anilines is 1. The Bertz CT molecular complexity index is 493. The molecule has 3 rings (SSSR count). The lowest BCUT2D eigenvalue weighted by Gasteiger charge is -2.47. The minimum atomic E-state index is -0.443. The van der Waals surface area contributed by atoms with Gasteiger partial charge < -0.3 is 10.8 Å². The van der Waals surface area contributed by atoms with E-state index in [0.29, 0.717) is 5.92 Å². The van der Waals surface area contributed by atoms with E-state index in [2.05, 4.69) is 4.90 Å². The fourth-order valence-corrected chi connectivity index (χ4v) is 3.71. The van der Waals surface area contributed by atoms with Crippen molar-refractivity contribution in [1.82, 2.24) is 4.90 Å². The van der Waals surface area contributed by atoms with Crippen LogP contribution in [0.2, 0.25) is 0 Å². The molecule has 2 atom stereocenters. The van der Waals surface area contributed by atoms with Crippen LogP contribution in [0.5, 0.6) is 0 Å². The second-order valence-corrected chi connectivity index (χ2v) is 6.39. The van der Waals surface area contributed by atoms with Crippen LogP contribution in [0, 0.1) is 11.7 Å². The molecular weight excluding hydrogens is 255 g/mol. The monoisotopic (exact) mass is 278 g/mol. The van der Waals surface area contributed by atoms with E-state index >= 15 is 0 Å². The predicted octanol–water partition coefficient (Wildman–Crippen LogP) is 2.53. The summed E-state index contributed by atoms with van der Waals surface area (Å²) in [5.74, 6) is 0.0392. The fraction of sp³-hybridized carbons (Fsp3) is 0.625. The molecule has 1 aliphatic heterocycles. The standard InChI is InChI=1S/C16H23FN2O/c17-14-9-12(4-5-15(14)18)10-19-8-7-16(20)6-2-1-3-13(16)11-19/h4-5,9,13,20H,1-3,6-8,10-11,18H2. The Labute approximate surface area is 119 Å². The number of nitrogens with two attached hydrogens (primary N) is 1. The number of halogens is 1. The van der Waals surface area contributed by atoms with Crippen LogP contribution in [0.4, 0.5) is 10.1 Å². The molecule has 0 aromatic heterocycles. The fourth-order valence-electron chi connectivity index (χ4n) is 3.71. The summed E-state index contributed by atoms with van der Waals surface area (Å²) in [5.41, 5.74) is 6.22. The van der Waals surface area contributed by atoms with Crippen molar-refractivity contribution in [3.05, 3.63) is 29.6 Å². The van der Waals surface area contributed by atoms with E-state index < -0.39 is 5.60 Å². The van der Waals surface area contributed by atoms with E-state index in [-0.39, 0.29) is 11.5 Å². The number of fused-ring (bicyclic) bond motifs is 1. The van der Waals surface area contributed by atoms with Crippen LogP contribution in [0.1, 0.15) is 37.7 Å². The van der Waals surface area contributed by atoms with E-state index in [1.165, 1.54) is 12.5 Å². The van der Waals surface area contributed by atoms with Crippen LogP contribution >= 0.6 is 0 Å². The van der Waals surface area contributed by atoms with Gasteiger partial charge in [0, 0.05) is 25.6 Å². The Morgan fingerprint density at radius 3 is 3.00 bits per heavy atom. The number of benzene rings is 1. The van der Waals surface area contributed by atoms with E-state index in [4.69, 9.17) is 5.73 Å². The minimum absolute atomic E-state index is 0.203. The number of piperidine rings is 1. The van der Waals surface area contributed by atoms with Crippen molar-refractivity contribution in [1.29, 1.82) is 0 Å². The molecule has 0 bridgehead atoms. The lowest BCUT2D eigenvalue weighted by Crippen LogP contribution is -2.52. The molecule has 1 saturated carbocycles. The molecule has 1 saturated heterocycles. The lowest BCUT2D eigenvalue weighted by atomic mass is 9.71. The number of hydrogen-bond donors (Lipinski definition) is 2. The van der Waals surface area contributed by atoms with Gasteiger partial charge in [0.05, 0.1) is 11.3 Å². The zero-order valence-electron chi connectivity index (χ0n) is 11.8. The molecule has 110 valence electrons. The van der Waals surface area contributed by atoms with Crippen molar-refractivity contribution in [2.45, 2.75) is 44.2 Å². The van der Waals surface area contributed by atoms with Crippen LogP contribution in [-0.2, 0) is 6.54 Å². The molecule has 2 fully saturated rings. The number of hydrogen-bond acceptors (Lipinski definition) is 3. The predicted molar refractivity (Wildman–Crippen MR) is 77.6 cm³/mol. The molecule has 2 aliphatic rings. The Hall–Kier alpha value is -1.13. The van der Waals surface area contributed by atoms with Crippen molar-refractivity contribution >= 4 is 5.69 Å². The number of aliphatic hydroxyl groups is 1. The van der Waals surface area contributed by atoms with Gasteiger partial charge in [0.2, 0.25) is 0 Å². The van der Waals surface area contributed by atoms with Gasteiger partial charge in [-0.3, -0.25) is 4.90 Å². The largest absolute Gasteiger partial charge is 0.396 e. The topological polar surface area (TPSA) is 49.5 Å². The summed E-state index contributed by atoms with van der Waals surface area (Å²) in [7, 11) is 0. The Morgan fingerprint density at radius 2 is 2.20 bits per heavy atom. The van der Waals surface area contributed by atoms with Crippen LogP contribution in [0.15, 0.2) is 18.2 Å². The van der Waals surface area contributed by atoms with E-state index in [0.717, 1.165) is 50.9 Å². The summed E-state index contributed by atoms with van der Waals surface area (Å²) >= 11 is 0. The molecule has 4 heteroatoms. The summed E-state index contributed by atoms with van der Waals surface area (Å²) < 4.78 is 13.5. The Kier molecular flexibility index (Phi) is 3.69. The van der Waals surface area contributed by atoms with Crippen molar-refractivity contribution < 1.29 is 9.50 Å². The van der Waals surface area contributed by atoms with E-state index in [9.17, 15) is 9.50 Å². The quantitative estimate of drug-likeness (QED) is 0.817. The van der Waals surface area contributed by atoms with Gasteiger partial charge >= 0.3 is 0 Å². The summed E-state index contributed by atoms with van der Waals surface area (Å²) in [6, 6.07) is 5.04. The molecule has 2 unspecified atom stereocenters. The zero-order valence-corrected chi connectivity index (χ0v) is 11.8. The number of rotatable bonds is 2. The van der Waals surface area contributed by atoms with E-state index in [1.54, 1.807) is 6.07 Å². The maximum atomic E-state index is 13.5. The van der Waals surface area contributed by atoms with Crippen molar-refractivity contribution in [3.8, 4) is 0 Å². The smallest absolute Gasteiger partial charge is 0.146 e. The first-order valence-corrected chi connectivity index (χ1v) is 7.55. The second kappa shape index (κ2) is 5.34. The maximum Gasteiger partial charge on any atom is 0.146 e. The summed E-state index contributed by atoms with van der Waals surface area (Å²) in [6.45, 7) is 2.55. The third-order valence-electron chi connectivity index (χ3n) is 4.98. The van der Waals surface area contributed by atoms with E-state index in [1.807, 2.05) is 6.07 Å². The van der Waals surface area contributed by atoms with Crippen LogP contribution in [-0.4, -0.2) is 28.7 Å². The molecular formula is C16H23FN2O. The summed E-state index contributed by atoms with van der Waals surface area (Å²) in [4.78, 5) is 2.33. The average molecular weight is 278 g/mol. The molecule has 20 heavy (non-hydrogen) atoms. The van der Waals surface area contributed by atoms with Crippen LogP contribution < -0.4 is 5.73 Å². The molecule has 3 nitrogen and oxygen atoms in total.